The van der Waals surface area contributed by atoms with Crippen LogP contribution in [-0.4, -0.2) is 17.7 Å². The number of rotatable bonds is 7. The number of hydrogen-bond acceptors (Lipinski definition) is 6. The van der Waals surface area contributed by atoms with Gasteiger partial charge in [0.1, 0.15) is 12.5 Å². The average molecular weight is 271 g/mol. The fraction of sp³-hybridized carbons (Fsp3) is 0.750. The number of nitriles is 2. The largest absolute Gasteiger partial charge is 0.483 e. The van der Waals surface area contributed by atoms with Crippen molar-refractivity contribution in [2.45, 2.75) is 58.5 Å². The van der Waals surface area contributed by atoms with Gasteiger partial charge in [0.2, 0.25) is 0 Å². The first-order valence-electron chi connectivity index (χ1n) is 5.94. The molecule has 0 heterocycles. The highest BCUT2D eigenvalue weighted by atomic mass is 16.7. The summed E-state index contributed by atoms with van der Waals surface area (Å²) in [6.45, 7) is 3.79. The van der Waals surface area contributed by atoms with Gasteiger partial charge >= 0.3 is 0 Å². The summed E-state index contributed by atoms with van der Waals surface area (Å²) in [5.74, 6) is 0. The molecule has 0 radical (unpaired) electrons. The van der Waals surface area contributed by atoms with Crippen LogP contribution in [0, 0.1) is 27.6 Å². The Labute approximate surface area is 113 Å². The summed E-state index contributed by atoms with van der Waals surface area (Å²) in [5, 5.41) is 24.5. The van der Waals surface area contributed by atoms with Gasteiger partial charge in [-0.05, 0) is 19.8 Å². The summed E-state index contributed by atoms with van der Waals surface area (Å²) in [6.07, 6.45) is 5.78. The molecule has 0 aromatic carbocycles. The van der Waals surface area contributed by atoms with Crippen LogP contribution >= 0.6 is 0 Å². The molecule has 0 saturated carbocycles. The average Bonchev–Trinajstić information content (AvgIpc) is 2.38. The van der Waals surface area contributed by atoms with E-state index in [1.165, 1.54) is 19.3 Å². The third-order valence-electron chi connectivity index (χ3n) is 1.85. The molecule has 0 aliphatic rings. The van der Waals surface area contributed by atoms with E-state index in [0.717, 1.165) is 12.8 Å². The minimum absolute atomic E-state index is 0. The minimum atomic E-state index is -0.250. The molecule has 0 saturated heterocycles. The number of nitrogens with zero attached hydrogens (tertiary/aromatic N) is 3. The van der Waals surface area contributed by atoms with Gasteiger partial charge in [-0.3, -0.25) is 4.79 Å². The predicted molar refractivity (Wildman–Crippen MR) is 69.6 cm³/mol. The van der Waals surface area contributed by atoms with Gasteiger partial charge in [-0.2, -0.15) is 10.5 Å². The minimum Gasteiger partial charge on any atom is -0.483 e. The first kappa shape index (κ1) is 22.1. The van der Waals surface area contributed by atoms with E-state index in [1.54, 1.807) is 12.1 Å². The summed E-state index contributed by atoms with van der Waals surface area (Å²) in [6, 6.07) is 3.31. The number of hydrogen-bond donors (Lipinski definition) is 1. The van der Waals surface area contributed by atoms with E-state index in [4.69, 9.17) is 20.4 Å². The van der Waals surface area contributed by atoms with E-state index in [9.17, 15) is 4.91 Å². The van der Waals surface area contributed by atoms with Crippen molar-refractivity contribution in [3.63, 3.8) is 0 Å². The zero-order valence-electron chi connectivity index (χ0n) is 11.4. The summed E-state index contributed by atoms with van der Waals surface area (Å²) < 4.78 is 0. The summed E-state index contributed by atoms with van der Waals surface area (Å²) in [7, 11) is 0. The Morgan fingerprint density at radius 2 is 1.84 bits per heavy atom. The van der Waals surface area contributed by atoms with Crippen LogP contribution in [0.5, 0.6) is 0 Å². The molecule has 1 atom stereocenters. The molecule has 0 spiro atoms. The zero-order valence-corrected chi connectivity index (χ0v) is 11.4. The van der Waals surface area contributed by atoms with E-state index >= 15 is 0 Å². The maximum atomic E-state index is 9.63. The van der Waals surface area contributed by atoms with Gasteiger partial charge in [-0.15, -0.1) is 4.91 Å². The summed E-state index contributed by atoms with van der Waals surface area (Å²) >= 11 is 0. The van der Waals surface area contributed by atoms with Crippen molar-refractivity contribution in [1.82, 2.24) is 0 Å². The third kappa shape index (κ3) is 38.8. The van der Waals surface area contributed by atoms with Crippen LogP contribution in [0.4, 0.5) is 0 Å². The van der Waals surface area contributed by atoms with Crippen molar-refractivity contribution < 1.29 is 14.7 Å². The molecule has 7 heteroatoms. The highest BCUT2D eigenvalue weighted by molar-refractivity contribution is 5.32. The normalized spacial score (nSPS) is 9.05. The van der Waals surface area contributed by atoms with Crippen LogP contribution in [0.2, 0.25) is 0 Å². The SMILES string of the molecule is CCCCCCC(C)ON=O.N#CCC#N.O=CO. The second-order valence-electron chi connectivity index (χ2n) is 3.44. The van der Waals surface area contributed by atoms with Crippen molar-refractivity contribution in [2.24, 2.45) is 5.34 Å². The van der Waals surface area contributed by atoms with Gasteiger partial charge < -0.3 is 9.94 Å². The molecule has 0 aromatic rings. The van der Waals surface area contributed by atoms with Gasteiger partial charge in [0.15, 0.2) is 5.34 Å². The van der Waals surface area contributed by atoms with Crippen LogP contribution in [0.25, 0.3) is 0 Å². The first-order chi connectivity index (χ1) is 9.14. The molecular weight excluding hydrogens is 250 g/mol. The van der Waals surface area contributed by atoms with E-state index < -0.39 is 0 Å². The van der Waals surface area contributed by atoms with Crippen molar-refractivity contribution >= 4 is 6.47 Å². The van der Waals surface area contributed by atoms with E-state index in [0.29, 0.717) is 0 Å². The number of unbranched alkanes of at least 4 members (excludes halogenated alkanes) is 3. The van der Waals surface area contributed by atoms with E-state index in [2.05, 4.69) is 17.1 Å². The van der Waals surface area contributed by atoms with Crippen LogP contribution < -0.4 is 0 Å². The lowest BCUT2D eigenvalue weighted by atomic mass is 10.1. The second kappa shape index (κ2) is 24.9. The Morgan fingerprint density at radius 1 is 1.32 bits per heavy atom. The van der Waals surface area contributed by atoms with Crippen molar-refractivity contribution in [3.05, 3.63) is 4.91 Å². The van der Waals surface area contributed by atoms with Gasteiger partial charge in [0.05, 0.1) is 12.1 Å². The number of carboxylic acid groups (broad SMARTS) is 1. The molecule has 1 unspecified atom stereocenters. The molecule has 0 aliphatic heterocycles. The summed E-state index contributed by atoms with van der Waals surface area (Å²) in [4.78, 5) is 22.5. The standard InChI is InChI=1S/C8H17NO2.C3H2N2.CH2O2/c1-3-4-5-6-7-8(2)11-9-10;4-2-1-3-5;2-1-3/h8H,3-7H2,1-2H3;1H2;1H,(H,2,3). The van der Waals surface area contributed by atoms with Crippen molar-refractivity contribution in [1.29, 1.82) is 10.5 Å². The Bertz CT molecular complexity index is 259. The zero-order chi connectivity index (χ0) is 15.4. The van der Waals surface area contributed by atoms with Gasteiger partial charge in [0.25, 0.3) is 6.47 Å². The van der Waals surface area contributed by atoms with Crippen molar-refractivity contribution in [2.75, 3.05) is 0 Å². The lowest BCUT2D eigenvalue weighted by Gasteiger charge is -2.05. The van der Waals surface area contributed by atoms with Gasteiger partial charge in [0, 0.05) is 0 Å². The smallest absolute Gasteiger partial charge is 0.290 e. The fourth-order valence-electron chi connectivity index (χ4n) is 1.02. The van der Waals surface area contributed by atoms with Gasteiger partial charge in [-0.1, -0.05) is 26.2 Å². The van der Waals surface area contributed by atoms with Gasteiger partial charge in [-0.25, -0.2) is 0 Å². The molecule has 19 heavy (non-hydrogen) atoms. The lowest BCUT2D eigenvalue weighted by Crippen LogP contribution is -2.02. The fourth-order valence-corrected chi connectivity index (χ4v) is 1.02. The molecule has 108 valence electrons. The van der Waals surface area contributed by atoms with Crippen LogP contribution in [0.3, 0.4) is 0 Å². The molecule has 7 nitrogen and oxygen atoms in total. The highest BCUT2D eigenvalue weighted by Crippen LogP contribution is 2.07. The van der Waals surface area contributed by atoms with Crippen LogP contribution in [0.1, 0.15) is 52.4 Å². The molecule has 0 aromatic heterocycles. The molecule has 0 rings (SSSR count). The molecule has 0 amide bonds. The number of carbonyl (C=O) groups is 1. The van der Waals surface area contributed by atoms with Crippen molar-refractivity contribution in [3.8, 4) is 12.1 Å². The van der Waals surface area contributed by atoms with Crippen LogP contribution in [0.15, 0.2) is 5.34 Å². The topological polar surface area (TPSA) is 124 Å². The molecule has 1 N–H and O–H groups in total. The Hall–Kier alpha value is -2.15. The lowest BCUT2D eigenvalue weighted by molar-refractivity contribution is -0.122. The maximum Gasteiger partial charge on any atom is 0.290 e. The summed E-state index contributed by atoms with van der Waals surface area (Å²) in [5.41, 5.74) is 0. The highest BCUT2D eigenvalue weighted by Gasteiger charge is 2.00. The second-order valence-corrected chi connectivity index (χ2v) is 3.44. The molecule has 0 fully saturated rings. The molecular formula is C12H21N3O4. The predicted octanol–water partition coefficient (Wildman–Crippen LogP) is 3.17. The quantitative estimate of drug-likeness (QED) is 0.328. The third-order valence-corrected chi connectivity index (χ3v) is 1.85. The Balaban J connectivity index is -0.000000266. The van der Waals surface area contributed by atoms with Crippen LogP contribution in [-0.2, 0) is 9.63 Å². The molecule has 0 bridgehead atoms. The Kier molecular flexibility index (Phi) is 28.9. The van der Waals surface area contributed by atoms with E-state index in [1.807, 2.05) is 6.92 Å². The first-order valence-corrected chi connectivity index (χ1v) is 5.94. The maximum absolute atomic E-state index is 9.63. The molecule has 0 aliphatic carbocycles. The van der Waals surface area contributed by atoms with E-state index in [-0.39, 0.29) is 19.0 Å². The monoisotopic (exact) mass is 271 g/mol. The Morgan fingerprint density at radius 3 is 2.16 bits per heavy atom.